The van der Waals surface area contributed by atoms with Crippen LogP contribution >= 0.6 is 0 Å². The summed E-state index contributed by atoms with van der Waals surface area (Å²) >= 11 is 0. The second kappa shape index (κ2) is 11.4. The Hall–Kier alpha value is -1.43. The molecule has 0 bridgehead atoms. The van der Waals surface area contributed by atoms with E-state index in [0.29, 0.717) is 36.0 Å². The van der Waals surface area contributed by atoms with Crippen LogP contribution in [0.25, 0.3) is 0 Å². The first kappa shape index (κ1) is 29.1. The van der Waals surface area contributed by atoms with Crippen molar-refractivity contribution in [3.63, 3.8) is 0 Å². The quantitative estimate of drug-likeness (QED) is 0.351. The maximum atomic E-state index is 12.8. The highest BCUT2D eigenvalue weighted by Gasteiger charge is 2.65. The minimum atomic E-state index is -0.375. The van der Waals surface area contributed by atoms with E-state index < -0.39 is 0 Å². The largest absolute Gasteiger partial charge is 0.393 e. The van der Waals surface area contributed by atoms with Gasteiger partial charge in [0.05, 0.1) is 18.3 Å². The van der Waals surface area contributed by atoms with Crippen molar-refractivity contribution in [2.24, 2.45) is 46.3 Å². The molecule has 4 saturated carbocycles. The van der Waals surface area contributed by atoms with Crippen molar-refractivity contribution < 1.29 is 20.1 Å². The predicted molar refractivity (Wildman–Crippen MR) is 155 cm³/mol. The first-order valence-corrected chi connectivity index (χ1v) is 15.9. The number of nitrogens with one attached hydrogen (secondary N) is 1. The molecule has 5 heteroatoms. The molecule has 1 amide bonds. The number of carbonyl (C=O) groups excluding carboxylic acids is 1. The van der Waals surface area contributed by atoms with Crippen LogP contribution in [0.2, 0.25) is 0 Å². The Labute approximate surface area is 236 Å². The molecule has 0 aromatic heterocycles. The molecule has 39 heavy (non-hydrogen) atoms. The van der Waals surface area contributed by atoms with Gasteiger partial charge >= 0.3 is 0 Å². The zero-order valence-corrected chi connectivity index (χ0v) is 24.7. The number of hydrogen-bond acceptors (Lipinski definition) is 4. The molecule has 0 aliphatic heterocycles. The van der Waals surface area contributed by atoms with Gasteiger partial charge in [0, 0.05) is 12.5 Å². The van der Waals surface area contributed by atoms with Crippen LogP contribution in [-0.4, -0.2) is 45.6 Å². The standard InChI is InChI=1S/C34H53NO4/c1-21(10-15-31(39)35-22(2)11-12-23-8-6-5-7-9-23)26-13-14-27-32-28(20-30(38)34(26,27)4)33(3)17-16-25(36)18-24(33)19-29(32)37/h5-9,21-22,24-30,32,36-38H,10-20H2,1-4H3,(H,35,39)/t21-,22+,24+,25-,26-,27+,28+,29-,30+,32+,33+,34-/m1/s1. The van der Waals surface area contributed by atoms with Crippen LogP contribution in [0.3, 0.4) is 0 Å². The number of rotatable bonds is 8. The van der Waals surface area contributed by atoms with Crippen LogP contribution in [0, 0.1) is 46.3 Å². The molecule has 4 aliphatic carbocycles. The molecule has 218 valence electrons. The van der Waals surface area contributed by atoms with E-state index in [1.165, 1.54) is 5.56 Å². The van der Waals surface area contributed by atoms with Gasteiger partial charge in [-0.25, -0.2) is 0 Å². The van der Waals surface area contributed by atoms with Crippen LogP contribution in [-0.2, 0) is 11.2 Å². The van der Waals surface area contributed by atoms with Crippen molar-refractivity contribution in [1.82, 2.24) is 5.32 Å². The lowest BCUT2D eigenvalue weighted by atomic mass is 9.43. The Balaban J connectivity index is 1.19. The number of fused-ring (bicyclic) bond motifs is 5. The SMILES string of the molecule is C[C@H](CCC(=O)N[C@@H](C)CCc1ccccc1)[C@H]1CC[C@H]2[C@@H]3[C@H](O)C[C@@H]4C[C@H](O)CC[C@]4(C)[C@H]3C[C@H](O)[C@]12C. The van der Waals surface area contributed by atoms with Gasteiger partial charge in [0.1, 0.15) is 0 Å². The van der Waals surface area contributed by atoms with Crippen molar-refractivity contribution in [1.29, 1.82) is 0 Å². The van der Waals surface area contributed by atoms with E-state index >= 15 is 0 Å². The molecular weight excluding hydrogens is 486 g/mol. The summed E-state index contributed by atoms with van der Waals surface area (Å²) in [6, 6.07) is 10.6. The van der Waals surface area contributed by atoms with Gasteiger partial charge in [-0.2, -0.15) is 0 Å². The van der Waals surface area contributed by atoms with Gasteiger partial charge in [-0.1, -0.05) is 51.1 Å². The van der Waals surface area contributed by atoms with Crippen molar-refractivity contribution in [2.45, 2.75) is 123 Å². The van der Waals surface area contributed by atoms with E-state index in [9.17, 15) is 20.1 Å². The monoisotopic (exact) mass is 539 g/mol. The van der Waals surface area contributed by atoms with E-state index in [0.717, 1.165) is 64.2 Å². The van der Waals surface area contributed by atoms with Crippen LogP contribution < -0.4 is 5.32 Å². The summed E-state index contributed by atoms with van der Waals surface area (Å²) in [4.78, 5) is 12.8. The van der Waals surface area contributed by atoms with E-state index in [4.69, 9.17) is 0 Å². The van der Waals surface area contributed by atoms with Gasteiger partial charge in [-0.15, -0.1) is 0 Å². The molecule has 0 spiro atoms. The molecule has 1 aromatic carbocycles. The number of carbonyl (C=O) groups is 1. The molecule has 4 fully saturated rings. The zero-order valence-electron chi connectivity index (χ0n) is 24.7. The number of aryl methyl sites for hydroxylation is 1. The highest BCUT2D eigenvalue weighted by atomic mass is 16.3. The Bertz CT molecular complexity index is 985. The fourth-order valence-corrected chi connectivity index (χ4v) is 10.1. The van der Waals surface area contributed by atoms with E-state index in [1.54, 1.807) is 0 Å². The lowest BCUT2D eigenvalue weighted by Crippen LogP contribution is -2.62. The highest BCUT2D eigenvalue weighted by molar-refractivity contribution is 5.76. The fraction of sp³-hybridized carbons (Fsp3) is 0.794. The summed E-state index contributed by atoms with van der Waals surface area (Å²) in [5.41, 5.74) is 1.20. The molecule has 0 saturated heterocycles. The van der Waals surface area contributed by atoms with Crippen molar-refractivity contribution in [3.8, 4) is 0 Å². The smallest absolute Gasteiger partial charge is 0.220 e. The number of benzene rings is 1. The number of amides is 1. The average molecular weight is 540 g/mol. The van der Waals surface area contributed by atoms with Crippen LogP contribution in [0.4, 0.5) is 0 Å². The maximum Gasteiger partial charge on any atom is 0.220 e. The molecule has 5 rings (SSSR count). The molecule has 0 radical (unpaired) electrons. The number of aliphatic hydroxyl groups is 3. The van der Waals surface area contributed by atoms with Gasteiger partial charge in [0.15, 0.2) is 0 Å². The second-order valence-electron chi connectivity index (χ2n) is 14.5. The number of hydrogen-bond donors (Lipinski definition) is 4. The third kappa shape index (κ3) is 5.45. The summed E-state index contributed by atoms with van der Waals surface area (Å²) in [6.45, 7) is 9.05. The van der Waals surface area contributed by atoms with Crippen molar-refractivity contribution >= 4 is 5.91 Å². The normalized spacial score (nSPS) is 43.1. The molecule has 5 nitrogen and oxygen atoms in total. The third-order valence-corrected chi connectivity index (χ3v) is 12.5. The lowest BCUT2D eigenvalue weighted by Gasteiger charge is -2.63. The summed E-state index contributed by atoms with van der Waals surface area (Å²) in [5, 5.41) is 36.8. The van der Waals surface area contributed by atoms with Crippen molar-refractivity contribution in [2.75, 3.05) is 0 Å². The molecule has 0 unspecified atom stereocenters. The molecule has 12 atom stereocenters. The van der Waals surface area contributed by atoms with E-state index in [2.05, 4.69) is 57.3 Å². The second-order valence-corrected chi connectivity index (χ2v) is 14.5. The zero-order chi connectivity index (χ0) is 27.9. The fourth-order valence-electron chi connectivity index (χ4n) is 10.1. The van der Waals surface area contributed by atoms with Gasteiger partial charge in [-0.05, 0) is 123 Å². The van der Waals surface area contributed by atoms with E-state index in [1.807, 2.05) is 6.07 Å². The topological polar surface area (TPSA) is 89.8 Å². The molecule has 1 aromatic rings. The molecule has 4 aliphatic rings. The van der Waals surface area contributed by atoms with Gasteiger partial charge in [-0.3, -0.25) is 4.79 Å². The van der Waals surface area contributed by atoms with E-state index in [-0.39, 0.29) is 47.0 Å². The Morgan fingerprint density at radius 3 is 2.46 bits per heavy atom. The highest BCUT2D eigenvalue weighted by Crippen LogP contribution is 2.68. The van der Waals surface area contributed by atoms with Gasteiger partial charge < -0.3 is 20.6 Å². The first-order valence-electron chi connectivity index (χ1n) is 15.9. The van der Waals surface area contributed by atoms with Crippen LogP contribution in [0.15, 0.2) is 30.3 Å². The minimum Gasteiger partial charge on any atom is -0.393 e. The van der Waals surface area contributed by atoms with Gasteiger partial charge in [0.25, 0.3) is 0 Å². The Morgan fingerprint density at radius 2 is 1.72 bits per heavy atom. The maximum absolute atomic E-state index is 12.8. The molecular formula is C34H53NO4. The Kier molecular flexibility index (Phi) is 8.54. The predicted octanol–water partition coefficient (Wildman–Crippen LogP) is 5.50. The van der Waals surface area contributed by atoms with Crippen molar-refractivity contribution in [3.05, 3.63) is 35.9 Å². The van der Waals surface area contributed by atoms with Crippen LogP contribution in [0.5, 0.6) is 0 Å². The first-order chi connectivity index (χ1) is 18.5. The Morgan fingerprint density at radius 1 is 0.974 bits per heavy atom. The summed E-state index contributed by atoms with van der Waals surface area (Å²) < 4.78 is 0. The lowest BCUT2D eigenvalue weighted by molar-refractivity contribution is -0.207. The average Bonchev–Trinajstić information content (AvgIpc) is 3.27. The minimum absolute atomic E-state index is 0.102. The summed E-state index contributed by atoms with van der Waals surface area (Å²) in [6.07, 6.45) is 8.64. The molecule has 4 N–H and O–H groups in total. The van der Waals surface area contributed by atoms with Crippen LogP contribution in [0.1, 0.15) is 97.5 Å². The third-order valence-electron chi connectivity index (χ3n) is 12.5. The number of aliphatic hydroxyl groups excluding tert-OH is 3. The summed E-state index contributed by atoms with van der Waals surface area (Å²) in [7, 11) is 0. The van der Waals surface area contributed by atoms with Gasteiger partial charge in [0.2, 0.25) is 5.91 Å². The molecule has 0 heterocycles. The summed E-state index contributed by atoms with van der Waals surface area (Å²) in [5.74, 6) is 2.08.